The van der Waals surface area contributed by atoms with Crippen molar-refractivity contribution in [2.75, 3.05) is 11.9 Å². The first-order chi connectivity index (χ1) is 8.20. The maximum atomic E-state index is 11.0. The molecule has 2 N–H and O–H groups in total. The van der Waals surface area contributed by atoms with Gasteiger partial charge in [0, 0.05) is 18.3 Å². The third kappa shape index (κ3) is 1.73. The Morgan fingerprint density at radius 3 is 3.06 bits per heavy atom. The summed E-state index contributed by atoms with van der Waals surface area (Å²) in [6, 6.07) is 5.56. The summed E-state index contributed by atoms with van der Waals surface area (Å²) in [6.07, 6.45) is 2.90. The molecule has 1 aliphatic carbocycles. The van der Waals surface area contributed by atoms with Gasteiger partial charge in [0.1, 0.15) is 5.52 Å². The highest BCUT2D eigenvalue weighted by atomic mass is 16.4. The van der Waals surface area contributed by atoms with Crippen LogP contribution in [0.5, 0.6) is 0 Å². The third-order valence-corrected chi connectivity index (χ3v) is 3.27. The number of rotatable bonds is 4. The van der Waals surface area contributed by atoms with Gasteiger partial charge >= 0.3 is 5.97 Å². The van der Waals surface area contributed by atoms with Crippen LogP contribution < -0.4 is 5.32 Å². The summed E-state index contributed by atoms with van der Waals surface area (Å²) < 4.78 is 5.19. The van der Waals surface area contributed by atoms with Crippen LogP contribution in [-0.4, -0.2) is 22.6 Å². The number of fused-ring (bicyclic) bond motifs is 1. The summed E-state index contributed by atoms with van der Waals surface area (Å²) in [4.78, 5) is 15.0. The van der Waals surface area contributed by atoms with E-state index < -0.39 is 11.4 Å². The van der Waals surface area contributed by atoms with Crippen LogP contribution in [0.25, 0.3) is 11.1 Å². The molecule has 0 aliphatic heterocycles. The summed E-state index contributed by atoms with van der Waals surface area (Å²) in [5.41, 5.74) is 1.81. The Labute approximate surface area is 97.5 Å². The Hall–Kier alpha value is -2.04. The number of aromatic nitrogens is 1. The average molecular weight is 232 g/mol. The van der Waals surface area contributed by atoms with Crippen molar-refractivity contribution in [1.82, 2.24) is 4.98 Å². The van der Waals surface area contributed by atoms with E-state index in [2.05, 4.69) is 10.3 Å². The molecule has 0 radical (unpaired) electrons. The van der Waals surface area contributed by atoms with Crippen LogP contribution in [0.4, 0.5) is 5.69 Å². The molecule has 0 amide bonds. The molecule has 3 rings (SSSR count). The molecule has 0 bridgehead atoms. The smallest absolute Gasteiger partial charge is 0.311 e. The number of anilines is 1. The fourth-order valence-corrected chi connectivity index (χ4v) is 1.85. The number of hydrogen-bond donors (Lipinski definition) is 2. The number of oxazole rings is 1. The van der Waals surface area contributed by atoms with Crippen LogP contribution in [0.2, 0.25) is 0 Å². The second-order valence-corrected chi connectivity index (χ2v) is 4.47. The Bertz CT molecular complexity index is 572. The fourth-order valence-electron chi connectivity index (χ4n) is 1.85. The van der Waals surface area contributed by atoms with Crippen molar-refractivity contribution in [3.63, 3.8) is 0 Å². The molecule has 2 aromatic rings. The SMILES string of the molecule is O=C(O)C1(CNc2ccc3ncoc3c2)CC1. The minimum Gasteiger partial charge on any atom is -0.481 e. The largest absolute Gasteiger partial charge is 0.481 e. The Balaban J connectivity index is 1.74. The molecule has 5 nitrogen and oxygen atoms in total. The van der Waals surface area contributed by atoms with Crippen molar-refractivity contribution in [2.45, 2.75) is 12.8 Å². The molecule has 1 fully saturated rings. The lowest BCUT2D eigenvalue weighted by molar-refractivity contribution is -0.142. The standard InChI is InChI=1S/C12H12N2O3/c15-11(16)12(3-4-12)6-13-8-1-2-9-10(5-8)17-7-14-9/h1-2,5,7,13H,3-4,6H2,(H,15,16). The molecule has 1 aromatic heterocycles. The molecule has 1 aromatic carbocycles. The van der Waals surface area contributed by atoms with Crippen LogP contribution in [-0.2, 0) is 4.79 Å². The monoisotopic (exact) mass is 232 g/mol. The van der Waals surface area contributed by atoms with Crippen molar-refractivity contribution >= 4 is 22.8 Å². The van der Waals surface area contributed by atoms with E-state index in [0.29, 0.717) is 12.1 Å². The Kier molecular flexibility index (Phi) is 2.07. The van der Waals surface area contributed by atoms with Gasteiger partial charge in [0.25, 0.3) is 0 Å². The topological polar surface area (TPSA) is 75.4 Å². The molecule has 17 heavy (non-hydrogen) atoms. The quantitative estimate of drug-likeness (QED) is 0.844. The number of nitrogens with zero attached hydrogens (tertiary/aromatic N) is 1. The summed E-state index contributed by atoms with van der Waals surface area (Å²) >= 11 is 0. The lowest BCUT2D eigenvalue weighted by atomic mass is 10.1. The second kappa shape index (κ2) is 3.48. The lowest BCUT2D eigenvalue weighted by Gasteiger charge is -2.11. The average Bonchev–Trinajstić information content (AvgIpc) is 2.98. The van der Waals surface area contributed by atoms with Crippen LogP contribution in [0.1, 0.15) is 12.8 Å². The van der Waals surface area contributed by atoms with E-state index in [4.69, 9.17) is 9.52 Å². The molecule has 0 spiro atoms. The van der Waals surface area contributed by atoms with E-state index in [-0.39, 0.29) is 0 Å². The number of hydrogen-bond acceptors (Lipinski definition) is 4. The van der Waals surface area contributed by atoms with E-state index >= 15 is 0 Å². The van der Waals surface area contributed by atoms with E-state index in [1.807, 2.05) is 18.2 Å². The van der Waals surface area contributed by atoms with Gasteiger partial charge in [-0.1, -0.05) is 0 Å². The first-order valence-electron chi connectivity index (χ1n) is 5.50. The molecular weight excluding hydrogens is 220 g/mol. The molecule has 1 heterocycles. The van der Waals surface area contributed by atoms with Gasteiger partial charge in [0.05, 0.1) is 5.41 Å². The highest BCUT2D eigenvalue weighted by Gasteiger charge is 2.49. The summed E-state index contributed by atoms with van der Waals surface area (Å²) in [6.45, 7) is 0.460. The van der Waals surface area contributed by atoms with Crippen LogP contribution >= 0.6 is 0 Å². The van der Waals surface area contributed by atoms with Gasteiger partial charge in [0.2, 0.25) is 0 Å². The zero-order valence-corrected chi connectivity index (χ0v) is 9.14. The van der Waals surface area contributed by atoms with Crippen LogP contribution in [0.3, 0.4) is 0 Å². The van der Waals surface area contributed by atoms with Crippen molar-refractivity contribution in [2.24, 2.45) is 5.41 Å². The normalized spacial score (nSPS) is 16.9. The van der Waals surface area contributed by atoms with Gasteiger partial charge in [-0.05, 0) is 25.0 Å². The maximum Gasteiger partial charge on any atom is 0.311 e. The molecule has 5 heteroatoms. The van der Waals surface area contributed by atoms with E-state index in [1.165, 1.54) is 6.39 Å². The van der Waals surface area contributed by atoms with Crippen molar-refractivity contribution in [1.29, 1.82) is 0 Å². The van der Waals surface area contributed by atoms with Crippen molar-refractivity contribution < 1.29 is 14.3 Å². The molecule has 0 atom stereocenters. The zero-order valence-electron chi connectivity index (χ0n) is 9.14. The number of aliphatic carboxylic acids is 1. The maximum absolute atomic E-state index is 11.0. The second-order valence-electron chi connectivity index (χ2n) is 4.47. The van der Waals surface area contributed by atoms with E-state index in [9.17, 15) is 4.79 Å². The third-order valence-electron chi connectivity index (χ3n) is 3.27. The minimum absolute atomic E-state index is 0.460. The fraction of sp³-hybridized carbons (Fsp3) is 0.333. The van der Waals surface area contributed by atoms with Gasteiger partial charge in [-0.3, -0.25) is 4.79 Å². The molecular formula is C12H12N2O3. The molecule has 1 saturated carbocycles. The predicted molar refractivity (Wildman–Crippen MR) is 61.8 cm³/mol. The lowest BCUT2D eigenvalue weighted by Crippen LogP contribution is -2.24. The zero-order chi connectivity index (χ0) is 11.9. The number of carbonyl (C=O) groups is 1. The highest BCUT2D eigenvalue weighted by molar-refractivity contribution is 5.79. The van der Waals surface area contributed by atoms with Gasteiger partial charge in [-0.2, -0.15) is 0 Å². The summed E-state index contributed by atoms with van der Waals surface area (Å²) in [7, 11) is 0. The van der Waals surface area contributed by atoms with Crippen molar-refractivity contribution in [3.05, 3.63) is 24.6 Å². The molecule has 1 aliphatic rings. The first kappa shape index (κ1) is 10.1. The molecule has 0 unspecified atom stereocenters. The van der Waals surface area contributed by atoms with Gasteiger partial charge in [0.15, 0.2) is 12.0 Å². The van der Waals surface area contributed by atoms with E-state index in [0.717, 1.165) is 24.0 Å². The van der Waals surface area contributed by atoms with Gasteiger partial charge < -0.3 is 14.8 Å². The van der Waals surface area contributed by atoms with Crippen LogP contribution in [0, 0.1) is 5.41 Å². The molecule has 88 valence electrons. The number of carboxylic acid groups (broad SMARTS) is 1. The van der Waals surface area contributed by atoms with Crippen LogP contribution in [0.15, 0.2) is 29.0 Å². The minimum atomic E-state index is -0.717. The highest BCUT2D eigenvalue weighted by Crippen LogP contribution is 2.45. The predicted octanol–water partition coefficient (Wildman–Crippen LogP) is 2.10. The molecule has 0 saturated heterocycles. The van der Waals surface area contributed by atoms with E-state index in [1.54, 1.807) is 0 Å². The number of nitrogens with one attached hydrogen (secondary N) is 1. The number of benzene rings is 1. The van der Waals surface area contributed by atoms with Crippen molar-refractivity contribution in [3.8, 4) is 0 Å². The summed E-state index contributed by atoms with van der Waals surface area (Å²) in [5, 5.41) is 12.2. The first-order valence-corrected chi connectivity index (χ1v) is 5.50. The Morgan fingerprint density at radius 1 is 1.53 bits per heavy atom. The van der Waals surface area contributed by atoms with Gasteiger partial charge in [-0.25, -0.2) is 4.98 Å². The number of carboxylic acids is 1. The summed E-state index contributed by atoms with van der Waals surface area (Å²) in [5.74, 6) is -0.717. The van der Waals surface area contributed by atoms with Gasteiger partial charge in [-0.15, -0.1) is 0 Å². The Morgan fingerprint density at radius 2 is 2.35 bits per heavy atom.